The Hall–Kier alpha value is -2.10. The second-order valence-electron chi connectivity index (χ2n) is 5.74. The summed E-state index contributed by atoms with van der Waals surface area (Å²) in [6.45, 7) is 3.97. The van der Waals surface area contributed by atoms with Gasteiger partial charge in [-0.1, -0.05) is 6.07 Å². The highest BCUT2D eigenvalue weighted by atomic mass is 16.4. The molecule has 0 heterocycles. The van der Waals surface area contributed by atoms with Crippen molar-refractivity contribution in [2.75, 3.05) is 7.05 Å². The SMILES string of the molecule is Cc1cc(C(=O)N(C)C(C)C2CC2)ccc1/C=C/C(=O)O. The predicted molar refractivity (Wildman–Crippen MR) is 82.1 cm³/mol. The van der Waals surface area contributed by atoms with Gasteiger partial charge >= 0.3 is 5.97 Å². The Morgan fingerprint density at radius 2 is 2.05 bits per heavy atom. The van der Waals surface area contributed by atoms with Gasteiger partial charge in [0, 0.05) is 24.7 Å². The maximum absolute atomic E-state index is 12.5. The molecule has 1 atom stereocenters. The zero-order chi connectivity index (χ0) is 15.6. The van der Waals surface area contributed by atoms with E-state index < -0.39 is 5.97 Å². The quantitative estimate of drug-likeness (QED) is 0.847. The molecule has 0 radical (unpaired) electrons. The van der Waals surface area contributed by atoms with Gasteiger partial charge in [0.1, 0.15) is 0 Å². The summed E-state index contributed by atoms with van der Waals surface area (Å²) in [4.78, 5) is 24.8. The summed E-state index contributed by atoms with van der Waals surface area (Å²) < 4.78 is 0. The molecular weight excluding hydrogens is 266 g/mol. The van der Waals surface area contributed by atoms with Crippen molar-refractivity contribution in [3.8, 4) is 0 Å². The Labute approximate surface area is 125 Å². The number of carbonyl (C=O) groups excluding carboxylic acids is 1. The van der Waals surface area contributed by atoms with Crippen molar-refractivity contribution < 1.29 is 14.7 Å². The van der Waals surface area contributed by atoms with Crippen LogP contribution in [0.4, 0.5) is 0 Å². The van der Waals surface area contributed by atoms with Crippen molar-refractivity contribution in [3.05, 3.63) is 41.0 Å². The summed E-state index contributed by atoms with van der Waals surface area (Å²) in [7, 11) is 1.85. The Morgan fingerprint density at radius 1 is 1.38 bits per heavy atom. The van der Waals surface area contributed by atoms with Gasteiger partial charge in [0.15, 0.2) is 0 Å². The molecule has 0 spiro atoms. The minimum atomic E-state index is -0.979. The van der Waals surface area contributed by atoms with Gasteiger partial charge in [-0.25, -0.2) is 4.79 Å². The molecule has 2 rings (SSSR count). The van der Waals surface area contributed by atoms with Crippen LogP contribution in [-0.2, 0) is 4.79 Å². The first-order valence-electron chi connectivity index (χ1n) is 7.19. The normalized spacial score (nSPS) is 16.0. The molecule has 1 amide bonds. The van der Waals surface area contributed by atoms with E-state index in [2.05, 4.69) is 6.92 Å². The van der Waals surface area contributed by atoms with Crippen LogP contribution in [0.3, 0.4) is 0 Å². The molecule has 1 aliphatic carbocycles. The van der Waals surface area contributed by atoms with E-state index in [1.54, 1.807) is 23.1 Å². The number of carbonyl (C=O) groups is 2. The van der Waals surface area contributed by atoms with Crippen LogP contribution in [0.5, 0.6) is 0 Å². The van der Waals surface area contributed by atoms with Gasteiger partial charge in [0.2, 0.25) is 0 Å². The number of nitrogens with zero attached hydrogens (tertiary/aromatic N) is 1. The molecule has 4 heteroatoms. The molecule has 1 N–H and O–H groups in total. The molecule has 1 aliphatic rings. The maximum atomic E-state index is 12.5. The van der Waals surface area contributed by atoms with Crippen LogP contribution < -0.4 is 0 Å². The number of aryl methyl sites for hydroxylation is 1. The van der Waals surface area contributed by atoms with Crippen LogP contribution in [0.15, 0.2) is 24.3 Å². The third kappa shape index (κ3) is 3.72. The van der Waals surface area contributed by atoms with E-state index in [9.17, 15) is 9.59 Å². The number of carboxylic acids is 1. The molecule has 112 valence electrons. The van der Waals surface area contributed by atoms with Crippen molar-refractivity contribution in [3.63, 3.8) is 0 Å². The molecule has 0 aliphatic heterocycles. The molecular formula is C17H21NO3. The van der Waals surface area contributed by atoms with Gasteiger partial charge < -0.3 is 10.0 Å². The van der Waals surface area contributed by atoms with Gasteiger partial charge in [0.05, 0.1) is 0 Å². The standard InChI is InChI=1S/C17H21NO3/c1-11-10-15(7-4-13(11)8-9-16(19)20)17(21)18(3)12(2)14-5-6-14/h4,7-10,12,14H,5-6H2,1-3H3,(H,19,20)/b9-8+. The molecule has 4 nitrogen and oxygen atoms in total. The van der Waals surface area contributed by atoms with Gasteiger partial charge in [0.25, 0.3) is 5.91 Å². The fourth-order valence-electron chi connectivity index (χ4n) is 2.44. The molecule has 0 saturated heterocycles. The highest BCUT2D eigenvalue weighted by Gasteiger charge is 2.32. The molecule has 1 fully saturated rings. The Balaban J connectivity index is 2.15. The Morgan fingerprint density at radius 3 is 2.57 bits per heavy atom. The van der Waals surface area contributed by atoms with Crippen molar-refractivity contribution in [2.45, 2.75) is 32.7 Å². The second-order valence-corrected chi connectivity index (χ2v) is 5.74. The van der Waals surface area contributed by atoms with Gasteiger partial charge in [-0.2, -0.15) is 0 Å². The van der Waals surface area contributed by atoms with Crippen LogP contribution in [0.25, 0.3) is 6.08 Å². The molecule has 0 bridgehead atoms. The van der Waals surface area contributed by atoms with E-state index in [4.69, 9.17) is 5.11 Å². The summed E-state index contributed by atoms with van der Waals surface area (Å²) >= 11 is 0. The Kier molecular flexibility index (Phi) is 4.46. The maximum Gasteiger partial charge on any atom is 0.328 e. The van der Waals surface area contributed by atoms with E-state index in [-0.39, 0.29) is 11.9 Å². The van der Waals surface area contributed by atoms with Crippen LogP contribution in [-0.4, -0.2) is 35.0 Å². The molecule has 1 aromatic carbocycles. The molecule has 21 heavy (non-hydrogen) atoms. The molecule has 1 aromatic rings. The van der Waals surface area contributed by atoms with Crippen LogP contribution in [0, 0.1) is 12.8 Å². The number of amides is 1. The first-order valence-corrected chi connectivity index (χ1v) is 7.19. The van der Waals surface area contributed by atoms with E-state index >= 15 is 0 Å². The van der Waals surface area contributed by atoms with Crippen molar-refractivity contribution >= 4 is 18.0 Å². The molecule has 1 saturated carbocycles. The molecule has 1 unspecified atom stereocenters. The van der Waals surface area contributed by atoms with E-state index in [1.165, 1.54) is 12.8 Å². The summed E-state index contributed by atoms with van der Waals surface area (Å²) in [5, 5.41) is 8.65. The van der Waals surface area contributed by atoms with Crippen LogP contribution in [0.1, 0.15) is 41.3 Å². The number of hydrogen-bond donors (Lipinski definition) is 1. The van der Waals surface area contributed by atoms with Crippen molar-refractivity contribution in [1.29, 1.82) is 0 Å². The number of aliphatic carboxylic acids is 1. The van der Waals surface area contributed by atoms with Crippen molar-refractivity contribution in [1.82, 2.24) is 4.90 Å². The summed E-state index contributed by atoms with van der Waals surface area (Å²) in [6.07, 6.45) is 5.06. The largest absolute Gasteiger partial charge is 0.478 e. The van der Waals surface area contributed by atoms with Gasteiger partial charge in [-0.15, -0.1) is 0 Å². The lowest BCUT2D eigenvalue weighted by molar-refractivity contribution is -0.131. The number of rotatable bonds is 5. The van der Waals surface area contributed by atoms with Crippen LogP contribution >= 0.6 is 0 Å². The lowest BCUT2D eigenvalue weighted by Gasteiger charge is -2.25. The van der Waals surface area contributed by atoms with Crippen LogP contribution in [0.2, 0.25) is 0 Å². The van der Waals surface area contributed by atoms with E-state index in [1.807, 2.05) is 20.0 Å². The minimum absolute atomic E-state index is 0.0197. The summed E-state index contributed by atoms with van der Waals surface area (Å²) in [5.41, 5.74) is 2.35. The fourth-order valence-corrected chi connectivity index (χ4v) is 2.44. The monoisotopic (exact) mass is 287 g/mol. The first-order chi connectivity index (χ1) is 9.90. The minimum Gasteiger partial charge on any atom is -0.478 e. The summed E-state index contributed by atoms with van der Waals surface area (Å²) in [5.74, 6) is -0.323. The third-order valence-corrected chi connectivity index (χ3v) is 4.16. The van der Waals surface area contributed by atoms with E-state index in [0.717, 1.165) is 17.2 Å². The van der Waals surface area contributed by atoms with E-state index in [0.29, 0.717) is 11.5 Å². The van der Waals surface area contributed by atoms with Crippen molar-refractivity contribution in [2.24, 2.45) is 5.92 Å². The smallest absolute Gasteiger partial charge is 0.328 e. The number of benzene rings is 1. The fraction of sp³-hybridized carbons (Fsp3) is 0.412. The highest BCUT2D eigenvalue weighted by molar-refractivity contribution is 5.95. The van der Waals surface area contributed by atoms with Gasteiger partial charge in [-0.3, -0.25) is 4.79 Å². The number of hydrogen-bond acceptors (Lipinski definition) is 2. The lowest BCUT2D eigenvalue weighted by atomic mass is 10.0. The Bertz CT molecular complexity index is 588. The summed E-state index contributed by atoms with van der Waals surface area (Å²) in [6, 6.07) is 5.63. The zero-order valence-electron chi connectivity index (χ0n) is 12.7. The first kappa shape index (κ1) is 15.3. The lowest BCUT2D eigenvalue weighted by Crippen LogP contribution is -2.36. The van der Waals surface area contributed by atoms with Gasteiger partial charge in [-0.05, 0) is 61.9 Å². The average molecular weight is 287 g/mol. The molecule has 0 aromatic heterocycles. The highest BCUT2D eigenvalue weighted by Crippen LogP contribution is 2.35. The second kappa shape index (κ2) is 6.12. The number of carboxylic acid groups (broad SMARTS) is 1. The third-order valence-electron chi connectivity index (χ3n) is 4.16. The average Bonchev–Trinajstić information content (AvgIpc) is 3.28. The predicted octanol–water partition coefficient (Wildman–Crippen LogP) is 2.96. The zero-order valence-corrected chi connectivity index (χ0v) is 12.7. The topological polar surface area (TPSA) is 57.6 Å².